The van der Waals surface area contributed by atoms with Crippen LogP contribution in [0.4, 0.5) is 11.4 Å². The molecule has 25 heavy (non-hydrogen) atoms. The Morgan fingerprint density at radius 3 is 2.76 bits per heavy atom. The number of pyridine rings is 1. The Balaban J connectivity index is 1.91. The van der Waals surface area contributed by atoms with Crippen LogP contribution in [0.2, 0.25) is 0 Å². The lowest BCUT2D eigenvalue weighted by Crippen LogP contribution is -2.31. The normalized spacial score (nSPS) is 21.5. The molecule has 1 atom stereocenters. The number of Topliss-reactive ketones (excluding diaryl/α,β-unsaturated/α-hetero) is 1. The summed E-state index contributed by atoms with van der Waals surface area (Å²) >= 11 is 0. The van der Waals surface area contributed by atoms with E-state index in [1.165, 1.54) is 0 Å². The van der Waals surface area contributed by atoms with E-state index in [1.807, 2.05) is 24.3 Å². The molecule has 1 aromatic carbocycles. The van der Waals surface area contributed by atoms with Gasteiger partial charge in [-0.2, -0.15) is 0 Å². The van der Waals surface area contributed by atoms with Crippen molar-refractivity contribution in [3.8, 4) is 5.75 Å². The summed E-state index contributed by atoms with van der Waals surface area (Å²) in [6.45, 7) is 4.19. The first kappa shape index (κ1) is 15.7. The molecule has 5 heteroatoms. The topological polar surface area (TPSA) is 74.2 Å². The summed E-state index contributed by atoms with van der Waals surface area (Å²) in [4.78, 5) is 17.5. The average Bonchev–Trinajstić information content (AvgIpc) is 2.72. The monoisotopic (exact) mass is 335 g/mol. The van der Waals surface area contributed by atoms with Gasteiger partial charge in [-0.15, -0.1) is 0 Å². The van der Waals surface area contributed by atoms with Gasteiger partial charge >= 0.3 is 0 Å². The van der Waals surface area contributed by atoms with Crippen LogP contribution in [0.15, 0.2) is 53.9 Å². The van der Waals surface area contributed by atoms with E-state index in [2.05, 4.69) is 29.5 Å². The van der Waals surface area contributed by atoms with Crippen molar-refractivity contribution in [2.45, 2.75) is 32.7 Å². The van der Waals surface area contributed by atoms with Gasteiger partial charge in [-0.3, -0.25) is 9.78 Å². The maximum Gasteiger partial charge on any atom is 0.163 e. The Labute approximate surface area is 146 Å². The van der Waals surface area contributed by atoms with Gasteiger partial charge in [-0.1, -0.05) is 26.0 Å². The molecule has 128 valence electrons. The van der Waals surface area contributed by atoms with Gasteiger partial charge in [-0.05, 0) is 36.1 Å². The number of ketones is 1. The highest BCUT2D eigenvalue weighted by molar-refractivity contribution is 6.01. The Bertz CT molecular complexity index is 872. The van der Waals surface area contributed by atoms with Gasteiger partial charge in [0.25, 0.3) is 0 Å². The third-order valence-corrected chi connectivity index (χ3v) is 4.81. The molecule has 0 saturated heterocycles. The number of benzene rings is 1. The predicted octanol–water partition coefficient (Wildman–Crippen LogP) is 4.01. The molecule has 0 radical (unpaired) electrons. The van der Waals surface area contributed by atoms with Crippen LogP contribution in [-0.4, -0.2) is 15.9 Å². The van der Waals surface area contributed by atoms with Gasteiger partial charge < -0.3 is 15.7 Å². The van der Waals surface area contributed by atoms with Crippen LogP contribution in [0.3, 0.4) is 0 Å². The lowest BCUT2D eigenvalue weighted by molar-refractivity contribution is -0.118. The van der Waals surface area contributed by atoms with Crippen LogP contribution in [0.25, 0.3) is 0 Å². The number of phenols is 1. The standard InChI is InChI=1S/C20H21N3O2/c1-20(2)10-14-17(16(25)11-20)19(12-6-3-4-9-21-12)22-13-7-5-8-15(24)18(13)23-14/h3-9,19,22-24H,10-11H2,1-2H3. The van der Waals surface area contributed by atoms with E-state index in [9.17, 15) is 9.90 Å². The molecule has 1 aromatic heterocycles. The highest BCUT2D eigenvalue weighted by atomic mass is 16.3. The molecular weight excluding hydrogens is 314 g/mol. The average molecular weight is 335 g/mol. The van der Waals surface area contributed by atoms with Crippen molar-refractivity contribution in [1.29, 1.82) is 0 Å². The van der Waals surface area contributed by atoms with Crippen LogP contribution in [-0.2, 0) is 4.79 Å². The minimum Gasteiger partial charge on any atom is -0.506 e. The zero-order chi connectivity index (χ0) is 17.6. The molecule has 5 nitrogen and oxygen atoms in total. The fourth-order valence-electron chi connectivity index (χ4n) is 3.72. The molecule has 0 fully saturated rings. The van der Waals surface area contributed by atoms with Crippen molar-refractivity contribution in [1.82, 2.24) is 4.98 Å². The van der Waals surface area contributed by atoms with Crippen molar-refractivity contribution >= 4 is 17.2 Å². The smallest absolute Gasteiger partial charge is 0.163 e. The summed E-state index contributed by atoms with van der Waals surface area (Å²) in [6, 6.07) is 10.7. The van der Waals surface area contributed by atoms with E-state index in [4.69, 9.17) is 0 Å². The van der Waals surface area contributed by atoms with Crippen LogP contribution in [0.1, 0.15) is 38.4 Å². The molecule has 1 aliphatic heterocycles. The molecular formula is C20H21N3O2. The number of nitrogens with zero attached hydrogens (tertiary/aromatic N) is 1. The van der Waals surface area contributed by atoms with Crippen molar-refractivity contribution < 1.29 is 9.90 Å². The first-order valence-electron chi connectivity index (χ1n) is 8.47. The fourth-order valence-corrected chi connectivity index (χ4v) is 3.72. The molecule has 1 unspecified atom stereocenters. The second-order valence-electron chi connectivity index (χ2n) is 7.49. The predicted molar refractivity (Wildman–Crippen MR) is 97.4 cm³/mol. The highest BCUT2D eigenvalue weighted by Gasteiger charge is 2.39. The summed E-state index contributed by atoms with van der Waals surface area (Å²) < 4.78 is 0. The number of nitrogens with one attached hydrogen (secondary N) is 2. The number of hydrogen-bond donors (Lipinski definition) is 3. The number of aromatic hydroxyl groups is 1. The number of phenolic OH excluding ortho intramolecular Hbond substituents is 1. The number of aromatic nitrogens is 1. The Kier molecular flexibility index (Phi) is 3.53. The van der Waals surface area contributed by atoms with Crippen LogP contribution < -0.4 is 10.6 Å². The van der Waals surface area contributed by atoms with Crippen LogP contribution in [0.5, 0.6) is 5.75 Å². The molecule has 3 N–H and O–H groups in total. The summed E-state index contributed by atoms with van der Waals surface area (Å²) in [7, 11) is 0. The van der Waals surface area contributed by atoms with Crippen LogP contribution >= 0.6 is 0 Å². The molecule has 0 bridgehead atoms. The van der Waals surface area contributed by atoms with E-state index in [1.54, 1.807) is 18.3 Å². The highest BCUT2D eigenvalue weighted by Crippen LogP contribution is 2.46. The van der Waals surface area contributed by atoms with Gasteiger partial charge in [0.2, 0.25) is 0 Å². The number of anilines is 2. The second kappa shape index (κ2) is 5.62. The van der Waals surface area contributed by atoms with E-state index in [0.717, 1.165) is 23.5 Å². The number of hydrogen-bond acceptors (Lipinski definition) is 5. The molecule has 1 aliphatic carbocycles. The summed E-state index contributed by atoms with van der Waals surface area (Å²) in [5.74, 6) is 0.281. The van der Waals surface area contributed by atoms with E-state index >= 15 is 0 Å². The molecule has 0 saturated carbocycles. The number of carbonyl (C=O) groups excluding carboxylic acids is 1. The molecule has 4 rings (SSSR count). The van der Waals surface area contributed by atoms with Gasteiger partial charge in [0.05, 0.1) is 17.4 Å². The van der Waals surface area contributed by atoms with E-state index in [0.29, 0.717) is 17.7 Å². The maximum atomic E-state index is 13.0. The zero-order valence-electron chi connectivity index (χ0n) is 14.3. The quantitative estimate of drug-likeness (QED) is 0.687. The van der Waals surface area contributed by atoms with E-state index < -0.39 is 0 Å². The number of fused-ring (bicyclic) bond motifs is 1. The summed E-state index contributed by atoms with van der Waals surface area (Å²) in [5, 5.41) is 17.0. The third kappa shape index (κ3) is 2.76. The molecule has 0 spiro atoms. The Morgan fingerprint density at radius 2 is 2.00 bits per heavy atom. The first-order chi connectivity index (χ1) is 11.9. The minimum absolute atomic E-state index is 0.119. The number of carbonyl (C=O) groups is 1. The SMILES string of the molecule is CC1(C)CC(=O)C2=C(C1)Nc1c(O)cccc1NC2c1ccccn1. The Morgan fingerprint density at radius 1 is 1.16 bits per heavy atom. The summed E-state index contributed by atoms with van der Waals surface area (Å²) in [6.07, 6.45) is 2.98. The van der Waals surface area contributed by atoms with Crippen molar-refractivity contribution in [3.05, 3.63) is 59.6 Å². The van der Waals surface area contributed by atoms with Crippen molar-refractivity contribution in [3.63, 3.8) is 0 Å². The van der Waals surface area contributed by atoms with Gasteiger partial charge in [0.1, 0.15) is 11.4 Å². The number of para-hydroxylation sites is 1. The zero-order valence-corrected chi connectivity index (χ0v) is 14.3. The second-order valence-corrected chi connectivity index (χ2v) is 7.49. The third-order valence-electron chi connectivity index (χ3n) is 4.81. The van der Waals surface area contributed by atoms with Gasteiger partial charge in [-0.25, -0.2) is 0 Å². The number of allylic oxidation sites excluding steroid dienone is 1. The number of rotatable bonds is 1. The minimum atomic E-state index is -0.338. The first-order valence-corrected chi connectivity index (χ1v) is 8.47. The molecule has 2 aliphatic rings. The molecule has 2 aromatic rings. The van der Waals surface area contributed by atoms with Gasteiger partial charge in [0, 0.05) is 23.9 Å². The maximum absolute atomic E-state index is 13.0. The van der Waals surface area contributed by atoms with Crippen molar-refractivity contribution in [2.24, 2.45) is 5.41 Å². The Hall–Kier alpha value is -2.82. The van der Waals surface area contributed by atoms with Gasteiger partial charge in [0.15, 0.2) is 5.78 Å². The molecule has 2 heterocycles. The van der Waals surface area contributed by atoms with E-state index in [-0.39, 0.29) is 23.0 Å². The molecule has 0 amide bonds. The summed E-state index contributed by atoms with van der Waals surface area (Å²) in [5.41, 5.74) is 3.63. The lowest BCUT2D eigenvalue weighted by Gasteiger charge is -2.33. The van der Waals surface area contributed by atoms with Crippen LogP contribution in [0, 0.1) is 5.41 Å². The largest absolute Gasteiger partial charge is 0.506 e. The fraction of sp³-hybridized carbons (Fsp3) is 0.300. The lowest BCUT2D eigenvalue weighted by atomic mass is 9.74. The van der Waals surface area contributed by atoms with Crippen molar-refractivity contribution in [2.75, 3.05) is 10.6 Å².